The highest BCUT2D eigenvalue weighted by atomic mass is 16.5. The molecule has 0 aromatic carbocycles. The lowest BCUT2D eigenvalue weighted by molar-refractivity contribution is -0.135. The summed E-state index contributed by atoms with van der Waals surface area (Å²) in [6.45, 7) is 1.22. The van der Waals surface area contributed by atoms with Crippen molar-refractivity contribution in [3.05, 3.63) is 11.6 Å². The third-order valence-corrected chi connectivity index (χ3v) is 1.78. The molecular weight excluding hydrogens is 130 g/mol. The summed E-state index contributed by atoms with van der Waals surface area (Å²) in [5.74, 6) is 0.0636. The molecule has 1 saturated heterocycles. The van der Waals surface area contributed by atoms with Crippen LogP contribution in [0, 0.1) is 5.92 Å². The standard InChI is InChI=1S/C7H7NO2/c9-7-6-1-2-8-3-5(6)4-10-7/h1-2,5H,3-4H2. The van der Waals surface area contributed by atoms with Crippen molar-refractivity contribution in [2.45, 2.75) is 0 Å². The van der Waals surface area contributed by atoms with Crippen LogP contribution in [0.25, 0.3) is 0 Å². The third kappa shape index (κ3) is 0.667. The SMILES string of the molecule is O=C1OCC2CN=CC=C12. The van der Waals surface area contributed by atoms with Gasteiger partial charge in [0.25, 0.3) is 0 Å². The Morgan fingerprint density at radius 2 is 2.60 bits per heavy atom. The summed E-state index contributed by atoms with van der Waals surface area (Å²) in [6.07, 6.45) is 3.40. The maximum absolute atomic E-state index is 10.9. The van der Waals surface area contributed by atoms with Crippen molar-refractivity contribution in [2.75, 3.05) is 13.2 Å². The van der Waals surface area contributed by atoms with Crippen molar-refractivity contribution >= 4 is 12.2 Å². The molecule has 0 aliphatic carbocycles. The lowest BCUT2D eigenvalue weighted by Gasteiger charge is -2.05. The maximum Gasteiger partial charge on any atom is 0.334 e. The normalized spacial score (nSPS) is 29.4. The number of dihydropyridines is 1. The number of hydrogen-bond donors (Lipinski definition) is 0. The van der Waals surface area contributed by atoms with E-state index in [4.69, 9.17) is 4.74 Å². The summed E-state index contributed by atoms with van der Waals surface area (Å²) in [6, 6.07) is 0. The van der Waals surface area contributed by atoms with Crippen LogP contribution in [0.3, 0.4) is 0 Å². The first kappa shape index (κ1) is 5.65. The molecule has 1 unspecified atom stereocenters. The minimum absolute atomic E-state index is 0.170. The van der Waals surface area contributed by atoms with Gasteiger partial charge in [0.15, 0.2) is 0 Å². The fourth-order valence-electron chi connectivity index (χ4n) is 1.19. The van der Waals surface area contributed by atoms with Gasteiger partial charge in [-0.3, -0.25) is 4.99 Å². The van der Waals surface area contributed by atoms with Crippen molar-refractivity contribution in [3.63, 3.8) is 0 Å². The molecule has 3 nitrogen and oxygen atoms in total. The fraction of sp³-hybridized carbons (Fsp3) is 0.429. The van der Waals surface area contributed by atoms with Gasteiger partial charge in [-0.25, -0.2) is 4.79 Å². The largest absolute Gasteiger partial charge is 0.462 e. The molecular formula is C7H7NO2. The van der Waals surface area contributed by atoms with E-state index in [1.54, 1.807) is 12.3 Å². The monoisotopic (exact) mass is 137 g/mol. The van der Waals surface area contributed by atoms with Crippen LogP contribution in [-0.2, 0) is 9.53 Å². The second-order valence-corrected chi connectivity index (χ2v) is 2.43. The summed E-state index contributed by atoms with van der Waals surface area (Å²) in [5, 5.41) is 0. The average Bonchev–Trinajstić information content (AvgIpc) is 2.34. The first-order valence-electron chi connectivity index (χ1n) is 3.25. The molecule has 0 amide bonds. The van der Waals surface area contributed by atoms with Crippen molar-refractivity contribution < 1.29 is 9.53 Å². The number of rotatable bonds is 0. The highest BCUT2D eigenvalue weighted by Crippen LogP contribution is 2.22. The number of fused-ring (bicyclic) bond motifs is 1. The van der Waals surface area contributed by atoms with E-state index in [2.05, 4.69) is 4.99 Å². The van der Waals surface area contributed by atoms with E-state index in [1.807, 2.05) is 0 Å². The zero-order valence-electron chi connectivity index (χ0n) is 5.41. The summed E-state index contributed by atoms with van der Waals surface area (Å²) in [5.41, 5.74) is 0.787. The van der Waals surface area contributed by atoms with Crippen LogP contribution in [0.2, 0.25) is 0 Å². The molecule has 52 valence electrons. The molecule has 1 atom stereocenters. The predicted molar refractivity (Wildman–Crippen MR) is 35.9 cm³/mol. The maximum atomic E-state index is 10.9. The van der Waals surface area contributed by atoms with Crippen molar-refractivity contribution in [1.29, 1.82) is 0 Å². The molecule has 0 aromatic heterocycles. The number of allylic oxidation sites excluding steroid dienone is 1. The number of cyclic esters (lactones) is 1. The van der Waals surface area contributed by atoms with Gasteiger partial charge in [-0.05, 0) is 6.08 Å². The van der Waals surface area contributed by atoms with E-state index in [-0.39, 0.29) is 11.9 Å². The Hall–Kier alpha value is -1.12. The van der Waals surface area contributed by atoms with Gasteiger partial charge < -0.3 is 4.74 Å². The Morgan fingerprint density at radius 1 is 1.70 bits per heavy atom. The fourth-order valence-corrected chi connectivity index (χ4v) is 1.19. The number of aliphatic imine (C=N–C) groups is 1. The van der Waals surface area contributed by atoms with Gasteiger partial charge in [-0.1, -0.05) is 0 Å². The molecule has 2 heterocycles. The summed E-state index contributed by atoms with van der Waals surface area (Å²) < 4.78 is 4.81. The highest BCUT2D eigenvalue weighted by molar-refractivity contribution is 5.96. The Bertz CT molecular complexity index is 230. The topological polar surface area (TPSA) is 38.7 Å². The van der Waals surface area contributed by atoms with Gasteiger partial charge >= 0.3 is 5.97 Å². The molecule has 3 heteroatoms. The lowest BCUT2D eigenvalue weighted by atomic mass is 10.0. The zero-order chi connectivity index (χ0) is 6.97. The quantitative estimate of drug-likeness (QED) is 0.446. The van der Waals surface area contributed by atoms with Crippen LogP contribution in [0.1, 0.15) is 0 Å². The van der Waals surface area contributed by atoms with Gasteiger partial charge in [-0.2, -0.15) is 0 Å². The number of ether oxygens (including phenoxy) is 1. The Balaban J connectivity index is 2.33. The van der Waals surface area contributed by atoms with Crippen molar-refractivity contribution in [3.8, 4) is 0 Å². The van der Waals surface area contributed by atoms with Gasteiger partial charge in [0.1, 0.15) is 6.61 Å². The van der Waals surface area contributed by atoms with Gasteiger partial charge in [-0.15, -0.1) is 0 Å². The number of carbonyl (C=O) groups is 1. The molecule has 2 rings (SSSR count). The molecule has 10 heavy (non-hydrogen) atoms. The summed E-state index contributed by atoms with van der Waals surface area (Å²) in [4.78, 5) is 14.9. The Kier molecular flexibility index (Phi) is 1.09. The van der Waals surface area contributed by atoms with Gasteiger partial charge in [0.05, 0.1) is 0 Å². The molecule has 0 N–H and O–H groups in total. The van der Waals surface area contributed by atoms with E-state index in [1.165, 1.54) is 0 Å². The zero-order valence-corrected chi connectivity index (χ0v) is 5.41. The average molecular weight is 137 g/mol. The van der Waals surface area contributed by atoms with Crippen LogP contribution >= 0.6 is 0 Å². The first-order chi connectivity index (χ1) is 4.88. The Labute approximate surface area is 58.4 Å². The van der Waals surface area contributed by atoms with Crippen LogP contribution < -0.4 is 0 Å². The van der Waals surface area contributed by atoms with Gasteiger partial charge in [0, 0.05) is 24.3 Å². The molecule has 0 saturated carbocycles. The van der Waals surface area contributed by atoms with Crippen LogP contribution in [-0.4, -0.2) is 25.3 Å². The number of nitrogens with zero attached hydrogens (tertiary/aromatic N) is 1. The molecule has 2 aliphatic rings. The minimum atomic E-state index is -0.170. The second-order valence-electron chi connectivity index (χ2n) is 2.43. The Morgan fingerprint density at radius 3 is 3.40 bits per heavy atom. The first-order valence-corrected chi connectivity index (χ1v) is 3.25. The van der Waals surface area contributed by atoms with Crippen LogP contribution in [0.5, 0.6) is 0 Å². The van der Waals surface area contributed by atoms with E-state index in [0.717, 1.165) is 5.57 Å². The molecule has 0 bridgehead atoms. The number of hydrogen-bond acceptors (Lipinski definition) is 3. The molecule has 0 aromatic rings. The number of esters is 1. The van der Waals surface area contributed by atoms with Crippen LogP contribution in [0.4, 0.5) is 0 Å². The third-order valence-electron chi connectivity index (χ3n) is 1.78. The van der Waals surface area contributed by atoms with E-state index < -0.39 is 0 Å². The van der Waals surface area contributed by atoms with Crippen LogP contribution in [0.15, 0.2) is 16.6 Å². The second kappa shape index (κ2) is 1.94. The summed E-state index contributed by atoms with van der Waals surface area (Å²) >= 11 is 0. The van der Waals surface area contributed by atoms with Gasteiger partial charge in [0.2, 0.25) is 0 Å². The molecule has 1 fully saturated rings. The predicted octanol–water partition coefficient (Wildman–Crippen LogP) is 0.170. The number of carbonyl (C=O) groups excluding carboxylic acids is 1. The molecule has 0 radical (unpaired) electrons. The van der Waals surface area contributed by atoms with E-state index in [0.29, 0.717) is 13.2 Å². The molecule has 0 spiro atoms. The molecule has 2 aliphatic heterocycles. The summed E-state index contributed by atoms with van der Waals surface area (Å²) in [7, 11) is 0. The van der Waals surface area contributed by atoms with Crippen molar-refractivity contribution in [2.24, 2.45) is 10.9 Å². The smallest absolute Gasteiger partial charge is 0.334 e. The highest BCUT2D eigenvalue weighted by Gasteiger charge is 2.30. The van der Waals surface area contributed by atoms with E-state index >= 15 is 0 Å². The van der Waals surface area contributed by atoms with E-state index in [9.17, 15) is 4.79 Å². The minimum Gasteiger partial charge on any atom is -0.462 e. The van der Waals surface area contributed by atoms with Crippen molar-refractivity contribution in [1.82, 2.24) is 0 Å². The lowest BCUT2D eigenvalue weighted by Crippen LogP contribution is -2.10.